The highest BCUT2D eigenvalue weighted by Crippen LogP contribution is 2.40. The minimum absolute atomic E-state index is 0.0118. The minimum atomic E-state index is -4.59. The molecule has 0 radical (unpaired) electrons. The molecule has 10 aromatic rings. The zero-order chi connectivity index (χ0) is 78.1. The van der Waals surface area contributed by atoms with Gasteiger partial charge in [-0.3, -0.25) is 50.8 Å². The molecule has 26 nitrogen and oxygen atoms in total. The average Bonchev–Trinajstić information content (AvgIpc) is 0.936. The molecule has 108 heavy (non-hydrogen) atoms. The highest BCUT2D eigenvalue weighted by Gasteiger charge is 2.36. The van der Waals surface area contributed by atoms with Gasteiger partial charge in [0.25, 0.3) is 17.7 Å². The lowest BCUT2D eigenvalue weighted by Gasteiger charge is -2.36. The molecule has 2 aliphatic rings. The van der Waals surface area contributed by atoms with Crippen molar-refractivity contribution >= 4 is 71.4 Å². The number of benzene rings is 4. The van der Waals surface area contributed by atoms with E-state index >= 15 is 0 Å². The van der Waals surface area contributed by atoms with Crippen molar-refractivity contribution in [2.45, 2.75) is 78.2 Å². The van der Waals surface area contributed by atoms with Crippen molar-refractivity contribution in [2.75, 3.05) is 30.4 Å². The smallest absolute Gasteiger partial charge is 0.361 e. The number of aromatic nitrogens is 15. The number of carbonyl (C=O) groups excluding carboxylic acids is 4. The Morgan fingerprint density at radius 3 is 1.33 bits per heavy atom. The third-order valence-corrected chi connectivity index (χ3v) is 15.2. The number of nitrogens with zero attached hydrogens (tertiary/aromatic N) is 16. The molecule has 0 unspecified atom stereocenters. The molecule has 7 heterocycles. The Kier molecular flexibility index (Phi) is 26.0. The zero-order valence-electron chi connectivity index (χ0n) is 57.2. The van der Waals surface area contributed by atoms with E-state index in [1.54, 1.807) is 68.5 Å². The third kappa shape index (κ3) is 24.4. The number of amides is 3. The van der Waals surface area contributed by atoms with Crippen molar-refractivity contribution in [1.29, 1.82) is 0 Å². The van der Waals surface area contributed by atoms with Crippen molar-refractivity contribution in [3.05, 3.63) is 209 Å². The van der Waals surface area contributed by atoms with Gasteiger partial charge in [0.05, 0.1) is 45.7 Å². The number of hydrogen-bond donors (Lipinski definition) is 6. The first kappa shape index (κ1) is 79.8. The van der Waals surface area contributed by atoms with Crippen LogP contribution in [0.1, 0.15) is 64.3 Å². The molecule has 1 aliphatic heterocycles. The number of hydrazine groups is 3. The maximum Gasteiger partial charge on any atom is 0.417 e. The molecule has 6 aromatic heterocycles. The minimum Gasteiger partial charge on any atom is -0.361 e. The van der Waals surface area contributed by atoms with E-state index in [-0.39, 0.29) is 80.3 Å². The van der Waals surface area contributed by atoms with Crippen LogP contribution in [0, 0.1) is 33.6 Å². The van der Waals surface area contributed by atoms with Gasteiger partial charge in [0.15, 0.2) is 29.1 Å². The van der Waals surface area contributed by atoms with E-state index < -0.39 is 52.9 Å². The fourth-order valence-electron chi connectivity index (χ4n) is 9.50. The fraction of sp³-hybridized carbons (Fsp3) is 0.232. The van der Waals surface area contributed by atoms with E-state index in [1.165, 1.54) is 125 Å². The number of carbonyl (C=O) groups is 4. The maximum absolute atomic E-state index is 13.1. The second kappa shape index (κ2) is 35.2. The number of alkyl halides is 12. The standard InChI is InChI=1S/C18H14ClF3N6O.C18H15F3N6O.C17H18F3N5O.C16H16F3N5O/c1-11-6-12(7-14(16(11)19)18(20,21)22)17-26-10-28(27-17)5-2-13(29)8-25-15-9-23-3-4-24-15;1-12-8-13(10-14(9-12)18(19,20)21)17-23-11-27(26-17)7-4-16(28)25-24-15-2-5-22-6-3-15;1-11-5-13(7-14(6-11)17(18,19)20)16-21-10-24(23-16)4-3-15(26)22-25-8-12(2)9-25;1-10-6-11(8-12(7-10)16(17,18)19)15-20-9-24(23-15)5-4-14(25)22-21-13-2-3-13/h2-7,9-10H,8H2,1H3,(H,24,25);2-11H,1H3,(H,22,24)(H,25,28);3-7,10,12H,8-9H2,1-2H3,(H,22,26);4-9,13,21H,2-3H2,1H3,(H,22,25)/b5-2-;7-4-;4-3-;5-4-. The molecule has 4 aromatic carbocycles. The van der Waals surface area contributed by atoms with Crippen molar-refractivity contribution in [1.82, 2.24) is 101 Å². The van der Waals surface area contributed by atoms with Crippen molar-refractivity contribution < 1.29 is 71.9 Å². The number of pyridine rings is 1. The molecule has 6 N–H and O–H groups in total. The Hall–Kier alpha value is -12.3. The molecule has 0 bridgehead atoms. The summed E-state index contributed by atoms with van der Waals surface area (Å²) in [5, 5.41) is 20.6. The average molecular weight is 1530 g/mol. The monoisotopic (exact) mass is 1530 g/mol. The first-order valence-corrected chi connectivity index (χ1v) is 32.4. The predicted octanol–water partition coefficient (Wildman–Crippen LogP) is 12.4. The molecule has 2 fully saturated rings. The molecule has 0 atom stereocenters. The number of halogens is 13. The Balaban J connectivity index is 0.000000166. The molecule has 1 saturated carbocycles. The van der Waals surface area contributed by atoms with E-state index in [0.29, 0.717) is 40.2 Å². The van der Waals surface area contributed by atoms with Gasteiger partial charge in [0.2, 0.25) is 0 Å². The lowest BCUT2D eigenvalue weighted by atomic mass is 10.1. The molecule has 0 spiro atoms. The molecular weight excluding hydrogens is 1460 g/mol. The van der Waals surface area contributed by atoms with Crippen LogP contribution in [0.25, 0.3) is 70.4 Å². The summed E-state index contributed by atoms with van der Waals surface area (Å²) in [5.74, 6) is 0.139. The quantitative estimate of drug-likeness (QED) is 0.0235. The van der Waals surface area contributed by atoms with Crippen LogP contribution in [0.2, 0.25) is 5.02 Å². The van der Waals surface area contributed by atoms with Gasteiger partial charge in [0.1, 0.15) is 31.1 Å². The van der Waals surface area contributed by atoms with Gasteiger partial charge >= 0.3 is 24.7 Å². The molecule has 1 aliphatic carbocycles. The molecule has 1 saturated heterocycles. The van der Waals surface area contributed by atoms with Crippen LogP contribution >= 0.6 is 11.6 Å². The Labute approximate surface area is 610 Å². The predicted molar refractivity (Wildman–Crippen MR) is 372 cm³/mol. The number of nitrogens with one attached hydrogen (secondary N) is 6. The van der Waals surface area contributed by atoms with E-state index in [4.69, 9.17) is 11.6 Å². The summed E-state index contributed by atoms with van der Waals surface area (Å²) >= 11 is 5.77. The van der Waals surface area contributed by atoms with Crippen LogP contribution in [0.15, 0.2) is 159 Å². The van der Waals surface area contributed by atoms with Crippen LogP contribution in [0.3, 0.4) is 0 Å². The highest BCUT2D eigenvalue weighted by molar-refractivity contribution is 6.32. The number of hydrogen-bond acceptors (Lipinski definition) is 19. The largest absolute Gasteiger partial charge is 0.417 e. The van der Waals surface area contributed by atoms with Crippen molar-refractivity contribution in [2.24, 2.45) is 5.92 Å². The Bertz CT molecular complexity index is 4910. The summed E-state index contributed by atoms with van der Waals surface area (Å²) in [6, 6.07) is 16.9. The molecule has 3 amide bonds. The van der Waals surface area contributed by atoms with Crippen LogP contribution < -0.4 is 32.4 Å². The van der Waals surface area contributed by atoms with Gasteiger partial charge in [-0.2, -0.15) is 52.7 Å². The van der Waals surface area contributed by atoms with Gasteiger partial charge in [0, 0.05) is 115 Å². The van der Waals surface area contributed by atoms with Crippen molar-refractivity contribution in [3.63, 3.8) is 0 Å². The van der Waals surface area contributed by atoms with Crippen LogP contribution in [-0.4, -0.2) is 128 Å². The van der Waals surface area contributed by atoms with E-state index in [2.05, 4.69) is 94.7 Å². The number of ketones is 1. The summed E-state index contributed by atoms with van der Waals surface area (Å²) in [6.07, 6.45) is 7.46. The van der Waals surface area contributed by atoms with Gasteiger partial charge < -0.3 is 5.32 Å². The maximum atomic E-state index is 13.1. The van der Waals surface area contributed by atoms with Gasteiger partial charge in [-0.25, -0.2) is 54.1 Å². The number of rotatable bonds is 20. The summed E-state index contributed by atoms with van der Waals surface area (Å²) in [7, 11) is 0. The van der Waals surface area contributed by atoms with E-state index in [9.17, 15) is 71.9 Å². The second-order valence-electron chi connectivity index (χ2n) is 24.0. The normalized spacial score (nSPS) is 13.5. The Morgan fingerprint density at radius 2 is 0.926 bits per heavy atom. The second-order valence-corrected chi connectivity index (χ2v) is 24.4. The third-order valence-electron chi connectivity index (χ3n) is 14.7. The van der Waals surface area contributed by atoms with Gasteiger partial charge in [-0.05, 0) is 148 Å². The lowest BCUT2D eigenvalue weighted by molar-refractivity contribution is -0.138. The van der Waals surface area contributed by atoms with Crippen LogP contribution in [-0.2, 0) is 43.9 Å². The highest BCUT2D eigenvalue weighted by atomic mass is 35.5. The SMILES string of the molecule is Cc1cc(-c2ncn(/C=C\C(=O)CNc3cnccn3)n2)cc(C(F)(F)F)c1Cl.Cc1cc(-c2ncn(/C=C\C(=O)NN3CC(C)C3)n2)cc(C(F)(F)F)c1.Cc1cc(-c2ncn(/C=C\C(=O)NNC3CC3)n2)cc(C(F)(F)F)c1.Cc1cc(-c2ncn(/C=C\C(=O)NNc3ccncc3)n2)cc(C(F)(F)F)c1. The summed E-state index contributed by atoms with van der Waals surface area (Å²) in [6.45, 7) is 9.89. The molecule has 564 valence electrons. The Morgan fingerprint density at radius 1 is 0.500 bits per heavy atom. The topological polar surface area (TPSA) is 305 Å². The molecule has 12 rings (SSSR count). The number of aryl methyl sites for hydroxylation is 4. The first-order chi connectivity index (χ1) is 51.1. The summed E-state index contributed by atoms with van der Waals surface area (Å²) in [4.78, 5) is 74.8. The van der Waals surface area contributed by atoms with E-state index in [0.717, 1.165) is 68.4 Å². The molecule has 39 heteroatoms. The first-order valence-electron chi connectivity index (χ1n) is 32.0. The van der Waals surface area contributed by atoms with Gasteiger partial charge in [-0.15, -0.1) is 20.4 Å². The summed E-state index contributed by atoms with van der Waals surface area (Å²) < 4.78 is 161. The number of anilines is 2. The zero-order valence-corrected chi connectivity index (χ0v) is 58.0. The van der Waals surface area contributed by atoms with Crippen LogP contribution in [0.4, 0.5) is 64.2 Å². The van der Waals surface area contributed by atoms with Crippen molar-refractivity contribution in [3.8, 4) is 45.6 Å². The summed E-state index contributed by atoms with van der Waals surface area (Å²) in [5.41, 5.74) is 13.2. The lowest BCUT2D eigenvalue weighted by Crippen LogP contribution is -2.54. The van der Waals surface area contributed by atoms with Gasteiger partial charge in [-0.1, -0.05) is 18.5 Å². The van der Waals surface area contributed by atoms with E-state index in [1.807, 2.05) is 0 Å². The molecular formula is C69H63ClF12N22O4. The van der Waals surface area contributed by atoms with Crippen LogP contribution in [0.5, 0.6) is 0 Å². The fourth-order valence-corrected chi connectivity index (χ4v) is 9.72.